The minimum absolute atomic E-state index is 0.0588. The van der Waals surface area contributed by atoms with Crippen molar-refractivity contribution >= 4 is 21.8 Å². The molecule has 2 aromatic rings. The Balaban J connectivity index is 1.38. The van der Waals surface area contributed by atoms with Crippen molar-refractivity contribution in [3.05, 3.63) is 48.0 Å². The first kappa shape index (κ1) is 25.2. The fraction of sp³-hybridized carbons (Fsp3) is 0.458. The number of hydrogen-bond donors (Lipinski definition) is 2. The van der Waals surface area contributed by atoms with Crippen LogP contribution in [0.1, 0.15) is 25.3 Å². The molecule has 0 radical (unpaired) electrons. The molecule has 190 valence electrons. The minimum Gasteiger partial charge on any atom is -0.497 e. The summed E-state index contributed by atoms with van der Waals surface area (Å²) in [5.74, 6) is 0.945. The van der Waals surface area contributed by atoms with Gasteiger partial charge < -0.3 is 23.7 Å². The second-order valence-electron chi connectivity index (χ2n) is 8.69. The number of hydrogen-bond acceptors (Lipinski definition) is 8. The summed E-state index contributed by atoms with van der Waals surface area (Å²) in [6.45, 7) is 4.35. The van der Waals surface area contributed by atoms with Crippen LogP contribution in [0.4, 0.5) is 10.5 Å². The van der Waals surface area contributed by atoms with E-state index in [4.69, 9.17) is 23.7 Å². The average Bonchev–Trinajstić information content (AvgIpc) is 3.42. The summed E-state index contributed by atoms with van der Waals surface area (Å²) < 4.78 is 56.2. The molecule has 0 bridgehead atoms. The van der Waals surface area contributed by atoms with Crippen LogP contribution in [0.2, 0.25) is 0 Å². The van der Waals surface area contributed by atoms with E-state index >= 15 is 0 Å². The number of fused-ring (bicyclic) bond motifs is 1. The number of methoxy groups -OCH3 is 2. The molecule has 35 heavy (non-hydrogen) atoms. The number of ether oxygens (including phenoxy) is 5. The zero-order valence-electron chi connectivity index (χ0n) is 20.0. The molecule has 1 amide bonds. The standard InChI is InChI=1S/C24H30N2O8S/c1-14(2)15-5-7-16(8-6-15)25-24(27)34-20-13-33-22-18(12-32-23(20)22)26-35(28,29)21-11-17(30-3)9-10-19(21)31-4/h5-11,14,18,20,22-23,26H,12-13H2,1-4H3,(H,25,27)/t18-,20-,22-,23+/m0/s1. The van der Waals surface area contributed by atoms with Crippen LogP contribution in [0.5, 0.6) is 11.5 Å². The number of carbonyl (C=O) groups is 1. The zero-order chi connectivity index (χ0) is 25.2. The number of rotatable bonds is 8. The molecular weight excluding hydrogens is 476 g/mol. The third kappa shape index (κ3) is 5.53. The van der Waals surface area contributed by atoms with Crippen molar-refractivity contribution in [2.24, 2.45) is 0 Å². The van der Waals surface area contributed by atoms with E-state index in [-0.39, 0.29) is 23.9 Å². The molecule has 0 unspecified atom stereocenters. The SMILES string of the molecule is COc1ccc(OC)c(S(=O)(=O)N[C@H]2CO[C@H]3[C@H]2OC[C@@H]3OC(=O)Nc2ccc(C(C)C)cc2)c1. The Morgan fingerprint density at radius 3 is 2.37 bits per heavy atom. The first-order valence-corrected chi connectivity index (χ1v) is 12.8. The Morgan fingerprint density at radius 1 is 1.00 bits per heavy atom. The molecule has 11 heteroatoms. The van der Waals surface area contributed by atoms with E-state index in [0.29, 0.717) is 17.4 Å². The van der Waals surface area contributed by atoms with Crippen molar-refractivity contribution in [3.8, 4) is 11.5 Å². The maximum Gasteiger partial charge on any atom is 0.412 e. The Bertz CT molecular complexity index is 1150. The van der Waals surface area contributed by atoms with E-state index in [2.05, 4.69) is 23.9 Å². The molecule has 2 saturated heterocycles. The van der Waals surface area contributed by atoms with Crippen LogP contribution in [-0.2, 0) is 24.2 Å². The maximum absolute atomic E-state index is 13.1. The first-order chi connectivity index (χ1) is 16.7. The van der Waals surface area contributed by atoms with Crippen molar-refractivity contribution in [1.29, 1.82) is 0 Å². The highest BCUT2D eigenvalue weighted by atomic mass is 32.2. The van der Waals surface area contributed by atoms with E-state index in [9.17, 15) is 13.2 Å². The highest BCUT2D eigenvalue weighted by Gasteiger charge is 2.50. The molecule has 0 spiro atoms. The largest absolute Gasteiger partial charge is 0.497 e. The third-order valence-corrected chi connectivity index (χ3v) is 7.57. The predicted octanol–water partition coefficient (Wildman–Crippen LogP) is 2.89. The van der Waals surface area contributed by atoms with Gasteiger partial charge in [-0.2, -0.15) is 0 Å². The Morgan fingerprint density at radius 2 is 1.71 bits per heavy atom. The Kier molecular flexibility index (Phi) is 7.50. The number of anilines is 1. The molecule has 10 nitrogen and oxygen atoms in total. The summed E-state index contributed by atoms with van der Waals surface area (Å²) in [5.41, 5.74) is 1.77. The molecule has 2 aromatic carbocycles. The van der Waals surface area contributed by atoms with Gasteiger partial charge in [0, 0.05) is 11.8 Å². The predicted molar refractivity (Wildman–Crippen MR) is 128 cm³/mol. The van der Waals surface area contributed by atoms with Crippen molar-refractivity contribution in [3.63, 3.8) is 0 Å². The van der Waals surface area contributed by atoms with Gasteiger partial charge >= 0.3 is 6.09 Å². The van der Waals surface area contributed by atoms with Gasteiger partial charge in [0.1, 0.15) is 28.6 Å². The van der Waals surface area contributed by atoms with Gasteiger partial charge in [0.25, 0.3) is 0 Å². The van der Waals surface area contributed by atoms with Crippen molar-refractivity contribution in [1.82, 2.24) is 4.72 Å². The van der Waals surface area contributed by atoms with Gasteiger partial charge in [-0.3, -0.25) is 5.32 Å². The molecule has 2 N–H and O–H groups in total. The lowest BCUT2D eigenvalue weighted by Crippen LogP contribution is -2.44. The first-order valence-electron chi connectivity index (χ1n) is 11.3. The number of benzene rings is 2. The summed E-state index contributed by atoms with van der Waals surface area (Å²) in [4.78, 5) is 12.4. The summed E-state index contributed by atoms with van der Waals surface area (Å²) >= 11 is 0. The third-order valence-electron chi connectivity index (χ3n) is 6.06. The van der Waals surface area contributed by atoms with Gasteiger partial charge in [-0.15, -0.1) is 0 Å². The molecule has 2 aliphatic heterocycles. The molecule has 2 fully saturated rings. The number of carbonyl (C=O) groups excluding carboxylic acids is 1. The summed E-state index contributed by atoms with van der Waals surface area (Å²) in [6, 6.07) is 11.4. The second kappa shape index (κ2) is 10.4. The van der Waals surface area contributed by atoms with Gasteiger partial charge in [-0.1, -0.05) is 26.0 Å². The zero-order valence-corrected chi connectivity index (χ0v) is 20.8. The molecule has 0 aromatic heterocycles. The Hall–Kier alpha value is -2.86. The molecule has 4 atom stereocenters. The number of sulfonamides is 1. The summed E-state index contributed by atoms with van der Waals surface area (Å²) in [6.07, 6.45) is -2.51. The van der Waals surface area contributed by atoms with E-state index in [1.807, 2.05) is 24.3 Å². The number of amides is 1. The lowest BCUT2D eigenvalue weighted by molar-refractivity contribution is 0.00883. The highest BCUT2D eigenvalue weighted by Crippen LogP contribution is 2.32. The van der Waals surface area contributed by atoms with Gasteiger partial charge in [-0.05, 0) is 35.7 Å². The van der Waals surface area contributed by atoms with E-state index in [1.165, 1.54) is 26.4 Å². The van der Waals surface area contributed by atoms with Gasteiger partial charge in [0.2, 0.25) is 10.0 Å². The van der Waals surface area contributed by atoms with Crippen LogP contribution in [0.15, 0.2) is 47.4 Å². The van der Waals surface area contributed by atoms with Crippen LogP contribution >= 0.6 is 0 Å². The van der Waals surface area contributed by atoms with Crippen LogP contribution in [-0.4, -0.2) is 66.3 Å². The van der Waals surface area contributed by atoms with Crippen molar-refractivity contribution in [2.75, 3.05) is 32.8 Å². The van der Waals surface area contributed by atoms with Crippen molar-refractivity contribution < 1.29 is 36.9 Å². The molecule has 2 aliphatic rings. The van der Waals surface area contributed by atoms with Crippen LogP contribution in [0, 0.1) is 0 Å². The fourth-order valence-electron chi connectivity index (χ4n) is 4.16. The van der Waals surface area contributed by atoms with E-state index in [0.717, 1.165) is 5.56 Å². The topological polar surface area (TPSA) is 121 Å². The van der Waals surface area contributed by atoms with Crippen LogP contribution in [0.25, 0.3) is 0 Å². The van der Waals surface area contributed by atoms with Gasteiger partial charge in [0.15, 0.2) is 6.10 Å². The smallest absolute Gasteiger partial charge is 0.412 e. The van der Waals surface area contributed by atoms with Crippen LogP contribution in [0.3, 0.4) is 0 Å². The maximum atomic E-state index is 13.1. The molecule has 0 aliphatic carbocycles. The summed E-state index contributed by atoms with van der Waals surface area (Å²) in [7, 11) is -1.14. The van der Waals surface area contributed by atoms with Crippen molar-refractivity contribution in [2.45, 2.75) is 49.0 Å². The molecule has 4 rings (SSSR count). The quantitative estimate of drug-likeness (QED) is 0.561. The normalized spacial score (nSPS) is 23.7. The van der Waals surface area contributed by atoms with Crippen LogP contribution < -0.4 is 19.5 Å². The lowest BCUT2D eigenvalue weighted by atomic mass is 10.0. The number of nitrogens with one attached hydrogen (secondary N) is 2. The average molecular weight is 507 g/mol. The highest BCUT2D eigenvalue weighted by molar-refractivity contribution is 7.89. The van der Waals surface area contributed by atoms with E-state index < -0.39 is 40.5 Å². The molecular formula is C24H30N2O8S. The van der Waals surface area contributed by atoms with Gasteiger partial charge in [-0.25, -0.2) is 17.9 Å². The van der Waals surface area contributed by atoms with Gasteiger partial charge in [0.05, 0.1) is 33.5 Å². The molecule has 2 heterocycles. The minimum atomic E-state index is -3.98. The monoisotopic (exact) mass is 506 g/mol. The summed E-state index contributed by atoms with van der Waals surface area (Å²) in [5, 5.41) is 2.70. The molecule has 0 saturated carbocycles. The van der Waals surface area contributed by atoms with E-state index in [1.54, 1.807) is 6.07 Å². The Labute approximate surface area is 204 Å². The fourth-order valence-corrected chi connectivity index (χ4v) is 5.57. The second-order valence-corrected chi connectivity index (χ2v) is 10.4. The lowest BCUT2D eigenvalue weighted by Gasteiger charge is -2.19.